The molecule has 0 bridgehead atoms. The molecule has 0 saturated carbocycles. The molecule has 0 spiro atoms. The molecule has 3 amide bonds. The van der Waals surface area contributed by atoms with Crippen LogP contribution in [-0.4, -0.2) is 46.7 Å². The van der Waals surface area contributed by atoms with Crippen LogP contribution in [-0.2, 0) is 4.79 Å². The molecule has 8 nitrogen and oxygen atoms in total. The minimum Gasteiger partial charge on any atom is -0.497 e. The topological polar surface area (TPSA) is 96.5 Å². The number of rotatable bonds is 5. The quantitative estimate of drug-likeness (QED) is 0.624. The van der Waals surface area contributed by atoms with Gasteiger partial charge in [0.2, 0.25) is 11.0 Å². The summed E-state index contributed by atoms with van der Waals surface area (Å²) < 4.78 is 19.1. The summed E-state index contributed by atoms with van der Waals surface area (Å²) in [5.41, 5.74) is 0.898. The average Bonchev–Trinajstić information content (AvgIpc) is 3.45. The number of halogens is 1. The number of anilines is 2. The molecule has 1 aliphatic rings. The van der Waals surface area contributed by atoms with Gasteiger partial charge in [0.05, 0.1) is 12.8 Å². The summed E-state index contributed by atoms with van der Waals surface area (Å²) in [6.07, 6.45) is 1.19. The number of likely N-dealkylation sites (tertiary alicyclic amines) is 1. The lowest BCUT2D eigenvalue weighted by atomic mass is 10.2. The number of hydrogen-bond acceptors (Lipinski definition) is 6. The van der Waals surface area contributed by atoms with Crippen LogP contribution in [0.2, 0.25) is 0 Å². The van der Waals surface area contributed by atoms with Crippen LogP contribution in [0.4, 0.5) is 20.0 Å². The molecule has 1 atom stereocenters. The van der Waals surface area contributed by atoms with Crippen LogP contribution < -0.4 is 15.4 Å². The first-order valence-corrected chi connectivity index (χ1v) is 10.5. The van der Waals surface area contributed by atoms with E-state index in [-0.39, 0.29) is 11.6 Å². The van der Waals surface area contributed by atoms with E-state index in [9.17, 15) is 14.0 Å². The maximum absolute atomic E-state index is 13.8. The molecule has 3 aromatic rings. The minimum absolute atomic E-state index is 0.0746. The van der Waals surface area contributed by atoms with Crippen LogP contribution in [0.3, 0.4) is 0 Å². The summed E-state index contributed by atoms with van der Waals surface area (Å²) in [6, 6.07) is 12.1. The van der Waals surface area contributed by atoms with Gasteiger partial charge >= 0.3 is 6.03 Å². The van der Waals surface area contributed by atoms with E-state index >= 15 is 0 Å². The maximum Gasteiger partial charge on any atom is 0.322 e. The Morgan fingerprint density at radius 2 is 2.00 bits per heavy atom. The molecule has 4 rings (SSSR count). The first-order chi connectivity index (χ1) is 15.0. The average molecular weight is 441 g/mol. The van der Waals surface area contributed by atoms with Crippen molar-refractivity contribution in [2.75, 3.05) is 24.3 Å². The Hall–Kier alpha value is -3.53. The van der Waals surface area contributed by atoms with Crippen molar-refractivity contribution >= 4 is 34.1 Å². The lowest BCUT2D eigenvalue weighted by molar-refractivity contribution is -0.119. The number of benzene rings is 2. The SMILES string of the molecule is COc1cccc(-c2nnc(NC(=O)C3CCCN3C(=O)Nc3ccccc3F)s2)c1. The van der Waals surface area contributed by atoms with Gasteiger partial charge in [0.25, 0.3) is 0 Å². The molecule has 10 heteroatoms. The molecule has 2 N–H and O–H groups in total. The fraction of sp³-hybridized carbons (Fsp3) is 0.238. The van der Waals surface area contributed by atoms with E-state index < -0.39 is 17.9 Å². The van der Waals surface area contributed by atoms with Crippen LogP contribution in [0.15, 0.2) is 48.5 Å². The van der Waals surface area contributed by atoms with E-state index in [1.165, 1.54) is 28.4 Å². The molecule has 1 aliphatic heterocycles. The summed E-state index contributed by atoms with van der Waals surface area (Å²) in [7, 11) is 1.58. The van der Waals surface area contributed by atoms with Gasteiger partial charge in [0.15, 0.2) is 0 Å². The molecule has 1 fully saturated rings. The summed E-state index contributed by atoms with van der Waals surface area (Å²) in [6.45, 7) is 0.406. The summed E-state index contributed by atoms with van der Waals surface area (Å²) in [5, 5.41) is 14.4. The monoisotopic (exact) mass is 441 g/mol. The smallest absolute Gasteiger partial charge is 0.322 e. The van der Waals surface area contributed by atoms with Crippen LogP contribution >= 0.6 is 11.3 Å². The number of hydrogen-bond donors (Lipinski definition) is 2. The van der Waals surface area contributed by atoms with Crippen molar-refractivity contribution in [2.45, 2.75) is 18.9 Å². The van der Waals surface area contributed by atoms with Gasteiger partial charge in [-0.25, -0.2) is 9.18 Å². The number of methoxy groups -OCH3 is 1. The molecule has 2 aromatic carbocycles. The van der Waals surface area contributed by atoms with Crippen molar-refractivity contribution in [2.24, 2.45) is 0 Å². The van der Waals surface area contributed by atoms with Gasteiger partial charge in [-0.3, -0.25) is 10.1 Å². The van der Waals surface area contributed by atoms with E-state index in [4.69, 9.17) is 4.74 Å². The third-order valence-corrected chi connectivity index (χ3v) is 5.79. The van der Waals surface area contributed by atoms with Crippen LogP contribution in [0.5, 0.6) is 5.75 Å². The molecule has 31 heavy (non-hydrogen) atoms. The number of amides is 3. The van der Waals surface area contributed by atoms with E-state index in [0.717, 1.165) is 5.56 Å². The second kappa shape index (κ2) is 9.09. The first kappa shape index (κ1) is 20.7. The van der Waals surface area contributed by atoms with E-state index in [2.05, 4.69) is 20.8 Å². The number of ether oxygens (including phenoxy) is 1. The Kier molecular flexibility index (Phi) is 6.08. The van der Waals surface area contributed by atoms with Crippen LogP contribution in [0, 0.1) is 5.82 Å². The van der Waals surface area contributed by atoms with Gasteiger partial charge < -0.3 is 15.0 Å². The zero-order valence-electron chi connectivity index (χ0n) is 16.7. The second-order valence-corrected chi connectivity index (χ2v) is 7.87. The molecule has 2 heterocycles. The van der Waals surface area contributed by atoms with Gasteiger partial charge in [-0.1, -0.05) is 35.6 Å². The summed E-state index contributed by atoms with van der Waals surface area (Å²) in [4.78, 5) is 26.8. The Morgan fingerprint density at radius 3 is 2.81 bits per heavy atom. The van der Waals surface area contributed by atoms with Crippen LogP contribution in [0.1, 0.15) is 12.8 Å². The van der Waals surface area contributed by atoms with E-state index in [1.807, 2.05) is 24.3 Å². The number of aromatic nitrogens is 2. The number of urea groups is 1. The third kappa shape index (κ3) is 4.64. The van der Waals surface area contributed by atoms with Crippen molar-refractivity contribution in [3.63, 3.8) is 0 Å². The van der Waals surface area contributed by atoms with Gasteiger partial charge in [-0.15, -0.1) is 10.2 Å². The predicted molar refractivity (Wildman–Crippen MR) is 116 cm³/mol. The maximum atomic E-state index is 13.8. The van der Waals surface area contributed by atoms with Crippen molar-refractivity contribution in [3.8, 4) is 16.3 Å². The van der Waals surface area contributed by atoms with E-state index in [0.29, 0.717) is 35.3 Å². The van der Waals surface area contributed by atoms with Gasteiger partial charge in [-0.2, -0.15) is 0 Å². The Bertz CT molecular complexity index is 1110. The normalized spacial score (nSPS) is 15.5. The highest BCUT2D eigenvalue weighted by atomic mass is 32.1. The van der Waals surface area contributed by atoms with Crippen molar-refractivity contribution in [1.29, 1.82) is 0 Å². The highest BCUT2D eigenvalue weighted by molar-refractivity contribution is 7.18. The van der Waals surface area contributed by atoms with Crippen molar-refractivity contribution < 1.29 is 18.7 Å². The second-order valence-electron chi connectivity index (χ2n) is 6.89. The molecule has 1 aromatic heterocycles. The van der Waals surface area contributed by atoms with Crippen molar-refractivity contribution in [1.82, 2.24) is 15.1 Å². The van der Waals surface area contributed by atoms with Gasteiger partial charge in [-0.05, 0) is 37.1 Å². The van der Waals surface area contributed by atoms with Crippen LogP contribution in [0.25, 0.3) is 10.6 Å². The lowest BCUT2D eigenvalue weighted by Crippen LogP contribution is -2.45. The molecule has 1 unspecified atom stereocenters. The van der Waals surface area contributed by atoms with Crippen molar-refractivity contribution in [3.05, 3.63) is 54.3 Å². The minimum atomic E-state index is -0.670. The molecule has 160 valence electrons. The zero-order chi connectivity index (χ0) is 21.8. The molecule has 0 aliphatic carbocycles. The Balaban J connectivity index is 1.42. The number of carbonyl (C=O) groups is 2. The Labute approximate surface area is 182 Å². The number of nitrogens with zero attached hydrogens (tertiary/aromatic N) is 3. The molecule has 0 radical (unpaired) electrons. The largest absolute Gasteiger partial charge is 0.497 e. The highest BCUT2D eigenvalue weighted by Crippen LogP contribution is 2.29. The predicted octanol–water partition coefficient (Wildman–Crippen LogP) is 3.99. The van der Waals surface area contributed by atoms with Gasteiger partial charge in [0, 0.05) is 12.1 Å². The zero-order valence-corrected chi connectivity index (χ0v) is 17.5. The molecular weight excluding hydrogens is 421 g/mol. The highest BCUT2D eigenvalue weighted by Gasteiger charge is 2.35. The number of para-hydroxylation sites is 1. The fourth-order valence-electron chi connectivity index (χ4n) is 3.37. The third-order valence-electron chi connectivity index (χ3n) is 4.90. The summed E-state index contributed by atoms with van der Waals surface area (Å²) >= 11 is 1.23. The van der Waals surface area contributed by atoms with Gasteiger partial charge in [0.1, 0.15) is 22.6 Å². The molecular formula is C21H20FN5O3S. The number of carbonyl (C=O) groups excluding carboxylic acids is 2. The first-order valence-electron chi connectivity index (χ1n) is 9.66. The number of nitrogens with one attached hydrogen (secondary N) is 2. The fourth-order valence-corrected chi connectivity index (χ4v) is 4.11. The summed E-state index contributed by atoms with van der Waals surface area (Å²) in [5.74, 6) is -0.190. The lowest BCUT2D eigenvalue weighted by Gasteiger charge is -2.23. The standard InChI is InChI=1S/C21H20FN5O3S/c1-30-14-7-4-6-13(12-14)19-25-26-20(31-19)24-18(28)17-10-5-11-27(17)21(29)23-16-9-3-2-8-15(16)22/h2-4,6-9,12,17H,5,10-11H2,1H3,(H,23,29)(H,24,26,28). The van der Waals surface area contributed by atoms with E-state index in [1.54, 1.807) is 19.2 Å². The Morgan fingerprint density at radius 1 is 1.16 bits per heavy atom. The molecule has 1 saturated heterocycles.